The van der Waals surface area contributed by atoms with Gasteiger partial charge in [-0.3, -0.25) is 4.79 Å². The van der Waals surface area contributed by atoms with Gasteiger partial charge in [0.05, 0.1) is 32.2 Å². The number of rotatable bonds is 7. The molecule has 0 unspecified atom stereocenters. The number of ether oxygens (including phenoxy) is 2. The van der Waals surface area contributed by atoms with Gasteiger partial charge in [-0.25, -0.2) is 4.68 Å². The standard InChI is InChI=1S/C15H18ClN3O3/c1-19-15(20)14(16)13(9-18-19)17-7-8-22-10-11-3-5-12(21-2)6-4-11/h3-6,9,17H,7-8,10H2,1-2H3. The van der Waals surface area contributed by atoms with Crippen molar-refractivity contribution in [3.8, 4) is 5.75 Å². The van der Waals surface area contributed by atoms with Crippen molar-refractivity contribution >= 4 is 17.3 Å². The summed E-state index contributed by atoms with van der Waals surface area (Å²) in [6, 6.07) is 7.69. The molecular weight excluding hydrogens is 306 g/mol. The molecule has 118 valence electrons. The molecule has 2 rings (SSSR count). The first-order valence-corrected chi connectivity index (χ1v) is 7.16. The summed E-state index contributed by atoms with van der Waals surface area (Å²) in [4.78, 5) is 11.6. The van der Waals surface area contributed by atoms with Crippen LogP contribution in [0.5, 0.6) is 5.75 Å². The van der Waals surface area contributed by atoms with E-state index in [1.165, 1.54) is 10.9 Å². The summed E-state index contributed by atoms with van der Waals surface area (Å²) in [5.74, 6) is 0.818. The van der Waals surface area contributed by atoms with Crippen LogP contribution in [-0.4, -0.2) is 30.0 Å². The maximum absolute atomic E-state index is 11.6. The number of aryl methyl sites for hydroxylation is 1. The third kappa shape index (κ3) is 4.22. The predicted octanol–water partition coefficient (Wildman–Crippen LogP) is 2.07. The second-order valence-corrected chi connectivity index (χ2v) is 5.01. The fourth-order valence-corrected chi connectivity index (χ4v) is 2.04. The number of methoxy groups -OCH3 is 1. The van der Waals surface area contributed by atoms with E-state index in [0.717, 1.165) is 11.3 Å². The van der Waals surface area contributed by atoms with Crippen LogP contribution in [0.3, 0.4) is 0 Å². The van der Waals surface area contributed by atoms with Crippen LogP contribution in [0.4, 0.5) is 5.69 Å². The van der Waals surface area contributed by atoms with Crippen molar-refractivity contribution in [3.63, 3.8) is 0 Å². The fourth-order valence-electron chi connectivity index (χ4n) is 1.80. The Balaban J connectivity index is 1.75. The second-order valence-electron chi connectivity index (χ2n) is 4.63. The van der Waals surface area contributed by atoms with Gasteiger partial charge in [0.2, 0.25) is 0 Å². The fraction of sp³-hybridized carbons (Fsp3) is 0.333. The van der Waals surface area contributed by atoms with Gasteiger partial charge in [0, 0.05) is 13.6 Å². The molecule has 0 saturated carbocycles. The van der Waals surface area contributed by atoms with Crippen LogP contribution >= 0.6 is 11.6 Å². The minimum atomic E-state index is -0.328. The third-order valence-corrected chi connectivity index (χ3v) is 3.43. The quantitative estimate of drug-likeness (QED) is 0.790. The third-order valence-electron chi connectivity index (χ3n) is 3.07. The highest BCUT2D eigenvalue weighted by Crippen LogP contribution is 2.14. The number of hydrogen-bond donors (Lipinski definition) is 1. The van der Waals surface area contributed by atoms with Crippen molar-refractivity contribution in [2.75, 3.05) is 25.6 Å². The lowest BCUT2D eigenvalue weighted by molar-refractivity contribution is 0.130. The van der Waals surface area contributed by atoms with Gasteiger partial charge in [0.1, 0.15) is 10.8 Å². The lowest BCUT2D eigenvalue weighted by Crippen LogP contribution is -2.21. The normalized spacial score (nSPS) is 10.5. The maximum Gasteiger partial charge on any atom is 0.287 e. The first-order chi connectivity index (χ1) is 10.6. The maximum atomic E-state index is 11.6. The molecule has 0 bridgehead atoms. The molecule has 0 spiro atoms. The molecule has 0 saturated heterocycles. The zero-order valence-electron chi connectivity index (χ0n) is 12.5. The van der Waals surface area contributed by atoms with Crippen LogP contribution in [0, 0.1) is 0 Å². The molecule has 0 aliphatic heterocycles. The summed E-state index contributed by atoms with van der Waals surface area (Å²) in [5, 5.41) is 7.07. The van der Waals surface area contributed by atoms with Gasteiger partial charge in [-0.15, -0.1) is 0 Å². The zero-order valence-corrected chi connectivity index (χ0v) is 13.3. The van der Waals surface area contributed by atoms with E-state index in [9.17, 15) is 4.79 Å². The topological polar surface area (TPSA) is 65.4 Å². The van der Waals surface area contributed by atoms with E-state index < -0.39 is 0 Å². The highest BCUT2D eigenvalue weighted by Gasteiger charge is 2.06. The summed E-state index contributed by atoms with van der Waals surface area (Å²) >= 11 is 5.95. The van der Waals surface area contributed by atoms with E-state index in [1.807, 2.05) is 24.3 Å². The Hall–Kier alpha value is -2.05. The lowest BCUT2D eigenvalue weighted by atomic mass is 10.2. The summed E-state index contributed by atoms with van der Waals surface area (Å²) < 4.78 is 11.8. The monoisotopic (exact) mass is 323 g/mol. The molecule has 6 nitrogen and oxygen atoms in total. The Morgan fingerprint density at radius 3 is 2.73 bits per heavy atom. The Labute approximate surface area is 133 Å². The van der Waals surface area contributed by atoms with Crippen molar-refractivity contribution < 1.29 is 9.47 Å². The minimum absolute atomic E-state index is 0.132. The Morgan fingerprint density at radius 2 is 2.05 bits per heavy atom. The highest BCUT2D eigenvalue weighted by atomic mass is 35.5. The SMILES string of the molecule is COc1ccc(COCCNc2cnn(C)c(=O)c2Cl)cc1. The first-order valence-electron chi connectivity index (χ1n) is 6.78. The van der Waals surface area contributed by atoms with Crippen molar-refractivity contribution in [1.82, 2.24) is 9.78 Å². The number of nitrogens with zero attached hydrogens (tertiary/aromatic N) is 2. The summed E-state index contributed by atoms with van der Waals surface area (Å²) in [7, 11) is 3.18. The van der Waals surface area contributed by atoms with Crippen molar-refractivity contribution in [1.29, 1.82) is 0 Å². The molecule has 1 aromatic carbocycles. The van der Waals surface area contributed by atoms with Crippen LogP contribution in [0.2, 0.25) is 5.02 Å². The molecule has 7 heteroatoms. The summed E-state index contributed by atoms with van der Waals surface area (Å²) in [5.41, 5.74) is 1.25. The number of nitrogens with one attached hydrogen (secondary N) is 1. The Bertz CT molecular complexity index is 671. The Kier molecular flexibility index (Phi) is 5.80. The molecule has 0 fully saturated rings. The average molecular weight is 324 g/mol. The molecule has 0 aliphatic carbocycles. The molecule has 1 heterocycles. The van der Waals surface area contributed by atoms with Gasteiger partial charge in [-0.2, -0.15) is 5.10 Å². The number of anilines is 1. The van der Waals surface area contributed by atoms with Gasteiger partial charge in [-0.1, -0.05) is 23.7 Å². The molecule has 1 aromatic heterocycles. The number of benzene rings is 1. The van der Waals surface area contributed by atoms with Gasteiger partial charge < -0.3 is 14.8 Å². The van der Waals surface area contributed by atoms with Gasteiger partial charge in [0.25, 0.3) is 5.56 Å². The molecule has 0 atom stereocenters. The van der Waals surface area contributed by atoms with E-state index in [2.05, 4.69) is 10.4 Å². The lowest BCUT2D eigenvalue weighted by Gasteiger charge is -2.09. The largest absolute Gasteiger partial charge is 0.497 e. The molecule has 0 amide bonds. The zero-order chi connectivity index (χ0) is 15.9. The molecule has 0 radical (unpaired) electrons. The van der Waals surface area contributed by atoms with E-state index >= 15 is 0 Å². The van der Waals surface area contributed by atoms with E-state index in [-0.39, 0.29) is 10.6 Å². The van der Waals surface area contributed by atoms with Gasteiger partial charge >= 0.3 is 0 Å². The van der Waals surface area contributed by atoms with Crippen molar-refractivity contribution in [2.45, 2.75) is 6.61 Å². The Morgan fingerprint density at radius 1 is 1.32 bits per heavy atom. The van der Waals surface area contributed by atoms with Gasteiger partial charge in [-0.05, 0) is 17.7 Å². The minimum Gasteiger partial charge on any atom is -0.497 e. The molecule has 1 N–H and O–H groups in total. The number of hydrogen-bond acceptors (Lipinski definition) is 5. The van der Waals surface area contributed by atoms with E-state index in [0.29, 0.717) is 25.4 Å². The van der Waals surface area contributed by atoms with E-state index in [1.54, 1.807) is 14.2 Å². The second kappa shape index (κ2) is 7.82. The van der Waals surface area contributed by atoms with Crippen molar-refractivity contribution in [2.24, 2.45) is 7.05 Å². The molecule has 2 aromatic rings. The molecule has 0 aliphatic rings. The average Bonchev–Trinajstić information content (AvgIpc) is 2.55. The highest BCUT2D eigenvalue weighted by molar-refractivity contribution is 6.32. The van der Waals surface area contributed by atoms with Gasteiger partial charge in [0.15, 0.2) is 0 Å². The smallest absolute Gasteiger partial charge is 0.287 e. The summed E-state index contributed by atoms with van der Waals surface area (Å²) in [6.07, 6.45) is 1.52. The predicted molar refractivity (Wildman–Crippen MR) is 85.6 cm³/mol. The molecule has 22 heavy (non-hydrogen) atoms. The van der Waals surface area contributed by atoms with Crippen molar-refractivity contribution in [3.05, 3.63) is 51.4 Å². The van der Waals surface area contributed by atoms with Crippen LogP contribution in [-0.2, 0) is 18.4 Å². The first kappa shape index (κ1) is 16.3. The van der Waals surface area contributed by atoms with Crippen LogP contribution in [0.25, 0.3) is 0 Å². The number of halogens is 1. The summed E-state index contributed by atoms with van der Waals surface area (Å²) in [6.45, 7) is 1.52. The van der Waals surface area contributed by atoms with Crippen LogP contribution in [0.1, 0.15) is 5.56 Å². The molecular formula is C15H18ClN3O3. The van der Waals surface area contributed by atoms with Crippen LogP contribution in [0.15, 0.2) is 35.3 Å². The van der Waals surface area contributed by atoms with Crippen LogP contribution < -0.4 is 15.6 Å². The number of aromatic nitrogens is 2. The van der Waals surface area contributed by atoms with E-state index in [4.69, 9.17) is 21.1 Å².